The number of carbonyl (C=O) groups is 1. The summed E-state index contributed by atoms with van der Waals surface area (Å²) in [6.07, 6.45) is 0. The van der Waals surface area contributed by atoms with Crippen LogP contribution in [-0.2, 0) is 4.74 Å². The van der Waals surface area contributed by atoms with Gasteiger partial charge in [-0.05, 0) is 26.0 Å². The molecule has 7 heteroatoms. The Morgan fingerprint density at radius 3 is 2.32 bits per heavy atom. The largest absolute Gasteiger partial charge is 0.493 e. The average Bonchev–Trinajstić information content (AvgIpc) is 2.61. The number of amides is 1. The zero-order chi connectivity index (χ0) is 18.2. The van der Waals surface area contributed by atoms with Crippen LogP contribution in [0.25, 0.3) is 0 Å². The lowest BCUT2D eigenvalue weighted by molar-refractivity contribution is 0.0319. The summed E-state index contributed by atoms with van der Waals surface area (Å²) in [4.78, 5) is 14.5. The second kappa shape index (κ2) is 9.48. The van der Waals surface area contributed by atoms with Crippen molar-refractivity contribution >= 4 is 5.91 Å². The van der Waals surface area contributed by atoms with Crippen molar-refractivity contribution in [2.24, 2.45) is 0 Å². The van der Waals surface area contributed by atoms with Gasteiger partial charge in [0.25, 0.3) is 5.91 Å². The van der Waals surface area contributed by atoms with Crippen LogP contribution in [0.1, 0.15) is 24.2 Å². The number of ether oxygens (including phenoxy) is 4. The first-order chi connectivity index (χ1) is 12.0. The van der Waals surface area contributed by atoms with Gasteiger partial charge in [0.05, 0.1) is 27.4 Å². The van der Waals surface area contributed by atoms with Gasteiger partial charge in [-0.3, -0.25) is 9.69 Å². The number of carbonyl (C=O) groups excluding carboxylic acids is 1. The minimum absolute atomic E-state index is 0.0499. The molecule has 0 saturated carbocycles. The van der Waals surface area contributed by atoms with Gasteiger partial charge < -0.3 is 24.3 Å². The minimum atomic E-state index is -0.175. The molecule has 1 aromatic rings. The Balaban J connectivity index is 2.09. The summed E-state index contributed by atoms with van der Waals surface area (Å²) in [7, 11) is 3.10. The SMILES string of the molecule is COc1cc(C(=O)NC(C)C)cc(OC)c1OCCN1CCOCC1. The van der Waals surface area contributed by atoms with Crippen molar-refractivity contribution in [2.45, 2.75) is 19.9 Å². The number of nitrogens with one attached hydrogen (secondary N) is 1. The van der Waals surface area contributed by atoms with E-state index in [-0.39, 0.29) is 11.9 Å². The van der Waals surface area contributed by atoms with E-state index in [9.17, 15) is 4.79 Å². The van der Waals surface area contributed by atoms with Gasteiger partial charge in [-0.25, -0.2) is 0 Å². The van der Waals surface area contributed by atoms with E-state index in [4.69, 9.17) is 18.9 Å². The highest BCUT2D eigenvalue weighted by molar-refractivity contribution is 5.95. The summed E-state index contributed by atoms with van der Waals surface area (Å²) < 4.78 is 22.1. The van der Waals surface area contributed by atoms with Crippen molar-refractivity contribution in [3.05, 3.63) is 17.7 Å². The second-order valence-electron chi connectivity index (χ2n) is 6.14. The van der Waals surface area contributed by atoms with Crippen LogP contribution in [0.2, 0.25) is 0 Å². The molecule has 0 spiro atoms. The van der Waals surface area contributed by atoms with E-state index in [2.05, 4.69) is 10.2 Å². The molecule has 0 aliphatic carbocycles. The molecule has 1 saturated heterocycles. The Hall–Kier alpha value is -1.99. The number of methoxy groups -OCH3 is 2. The van der Waals surface area contributed by atoms with E-state index < -0.39 is 0 Å². The molecular weight excluding hydrogens is 324 g/mol. The maximum Gasteiger partial charge on any atom is 0.251 e. The number of nitrogens with zero attached hydrogens (tertiary/aromatic N) is 1. The van der Waals surface area contributed by atoms with Crippen LogP contribution in [0.4, 0.5) is 0 Å². The van der Waals surface area contributed by atoms with Crippen LogP contribution in [-0.4, -0.2) is 70.5 Å². The van der Waals surface area contributed by atoms with Crippen LogP contribution in [0, 0.1) is 0 Å². The predicted molar refractivity (Wildman–Crippen MR) is 94.9 cm³/mol. The maximum atomic E-state index is 12.2. The standard InChI is InChI=1S/C18H28N2O5/c1-13(2)19-18(21)14-11-15(22-3)17(16(12-14)23-4)25-10-7-20-5-8-24-9-6-20/h11-13H,5-10H2,1-4H3,(H,19,21). The molecule has 2 rings (SSSR count). The van der Waals surface area contributed by atoms with Crippen LogP contribution in [0.15, 0.2) is 12.1 Å². The molecule has 1 heterocycles. The molecule has 140 valence electrons. The highest BCUT2D eigenvalue weighted by atomic mass is 16.5. The molecule has 1 fully saturated rings. The third kappa shape index (κ3) is 5.51. The molecule has 7 nitrogen and oxygen atoms in total. The Labute approximate surface area is 149 Å². The van der Waals surface area contributed by atoms with Crippen molar-refractivity contribution in [3.63, 3.8) is 0 Å². The Kier molecular flexibility index (Phi) is 7.33. The van der Waals surface area contributed by atoms with Gasteiger partial charge in [0, 0.05) is 31.2 Å². The molecular formula is C18H28N2O5. The van der Waals surface area contributed by atoms with Gasteiger partial charge in [0.2, 0.25) is 5.75 Å². The Morgan fingerprint density at radius 1 is 1.20 bits per heavy atom. The fraction of sp³-hybridized carbons (Fsp3) is 0.611. The predicted octanol–water partition coefficient (Wildman–Crippen LogP) is 1.55. The Bertz CT molecular complexity index is 546. The van der Waals surface area contributed by atoms with E-state index in [1.165, 1.54) is 0 Å². The molecule has 1 N–H and O–H groups in total. The summed E-state index contributed by atoms with van der Waals surface area (Å²) >= 11 is 0. The monoisotopic (exact) mass is 352 g/mol. The smallest absolute Gasteiger partial charge is 0.251 e. The van der Waals surface area contributed by atoms with Crippen LogP contribution >= 0.6 is 0 Å². The topological polar surface area (TPSA) is 69.3 Å². The zero-order valence-electron chi connectivity index (χ0n) is 15.5. The number of morpholine rings is 1. The van der Waals surface area contributed by atoms with Crippen molar-refractivity contribution in [1.29, 1.82) is 0 Å². The summed E-state index contributed by atoms with van der Waals surface area (Å²) in [5, 5.41) is 2.86. The van der Waals surface area contributed by atoms with Gasteiger partial charge in [-0.1, -0.05) is 0 Å². The van der Waals surface area contributed by atoms with Crippen LogP contribution in [0.3, 0.4) is 0 Å². The molecule has 1 aliphatic rings. The van der Waals surface area contributed by atoms with Crippen LogP contribution < -0.4 is 19.5 Å². The lowest BCUT2D eigenvalue weighted by Crippen LogP contribution is -2.38. The van der Waals surface area contributed by atoms with Crippen LogP contribution in [0.5, 0.6) is 17.2 Å². The first kappa shape index (κ1) is 19.3. The highest BCUT2D eigenvalue weighted by Crippen LogP contribution is 2.38. The van der Waals surface area contributed by atoms with Gasteiger partial charge in [0.1, 0.15) is 6.61 Å². The lowest BCUT2D eigenvalue weighted by atomic mass is 10.1. The van der Waals surface area contributed by atoms with Crippen molar-refractivity contribution in [3.8, 4) is 17.2 Å². The van der Waals surface area contributed by atoms with Crippen molar-refractivity contribution in [2.75, 3.05) is 53.7 Å². The average molecular weight is 352 g/mol. The van der Waals surface area contributed by atoms with E-state index in [1.807, 2.05) is 13.8 Å². The first-order valence-corrected chi connectivity index (χ1v) is 8.55. The highest BCUT2D eigenvalue weighted by Gasteiger charge is 2.19. The first-order valence-electron chi connectivity index (χ1n) is 8.55. The minimum Gasteiger partial charge on any atom is -0.493 e. The fourth-order valence-corrected chi connectivity index (χ4v) is 2.60. The van der Waals surface area contributed by atoms with Crippen molar-refractivity contribution in [1.82, 2.24) is 10.2 Å². The summed E-state index contributed by atoms with van der Waals surface area (Å²) in [6, 6.07) is 3.39. The molecule has 0 atom stereocenters. The maximum absolute atomic E-state index is 12.2. The molecule has 0 radical (unpaired) electrons. The summed E-state index contributed by atoms with van der Waals surface area (Å²) in [5.74, 6) is 1.30. The third-order valence-corrected chi connectivity index (χ3v) is 3.90. The summed E-state index contributed by atoms with van der Waals surface area (Å²) in [6.45, 7) is 8.46. The number of benzene rings is 1. The number of hydrogen-bond acceptors (Lipinski definition) is 6. The quantitative estimate of drug-likeness (QED) is 0.766. The summed E-state index contributed by atoms with van der Waals surface area (Å²) in [5.41, 5.74) is 0.475. The molecule has 0 bridgehead atoms. The van der Waals surface area contributed by atoms with E-state index >= 15 is 0 Å². The Morgan fingerprint density at radius 2 is 1.80 bits per heavy atom. The lowest BCUT2D eigenvalue weighted by Gasteiger charge is -2.26. The normalized spacial score (nSPS) is 15.1. The van der Waals surface area contributed by atoms with Gasteiger partial charge in [-0.2, -0.15) is 0 Å². The second-order valence-corrected chi connectivity index (χ2v) is 6.14. The molecule has 1 aromatic carbocycles. The third-order valence-electron chi connectivity index (χ3n) is 3.90. The molecule has 1 aliphatic heterocycles. The number of rotatable bonds is 8. The zero-order valence-corrected chi connectivity index (χ0v) is 15.5. The molecule has 1 amide bonds. The van der Waals surface area contributed by atoms with Gasteiger partial charge in [-0.15, -0.1) is 0 Å². The fourth-order valence-electron chi connectivity index (χ4n) is 2.60. The molecule has 0 aromatic heterocycles. The van der Waals surface area contributed by atoms with E-state index in [0.717, 1.165) is 32.8 Å². The van der Waals surface area contributed by atoms with Gasteiger partial charge in [0.15, 0.2) is 11.5 Å². The van der Waals surface area contributed by atoms with E-state index in [0.29, 0.717) is 29.4 Å². The van der Waals surface area contributed by atoms with Crippen molar-refractivity contribution < 1.29 is 23.7 Å². The molecule has 25 heavy (non-hydrogen) atoms. The molecule has 0 unspecified atom stereocenters. The van der Waals surface area contributed by atoms with Gasteiger partial charge >= 0.3 is 0 Å². The number of hydrogen-bond donors (Lipinski definition) is 1. The van der Waals surface area contributed by atoms with E-state index in [1.54, 1.807) is 26.4 Å².